The van der Waals surface area contributed by atoms with Gasteiger partial charge in [-0.25, -0.2) is 0 Å². The van der Waals surface area contributed by atoms with E-state index in [2.05, 4.69) is 24.2 Å². The van der Waals surface area contributed by atoms with Crippen molar-refractivity contribution >= 4 is 0 Å². The maximum absolute atomic E-state index is 5.77. The second kappa shape index (κ2) is 7.46. The lowest BCUT2D eigenvalue weighted by Crippen LogP contribution is -2.41. The molecule has 3 nitrogen and oxygen atoms in total. The second-order valence-corrected chi connectivity index (χ2v) is 6.16. The molecule has 0 aromatic carbocycles. The van der Waals surface area contributed by atoms with Gasteiger partial charge in [0.2, 0.25) is 0 Å². The first-order valence-corrected chi connectivity index (χ1v) is 7.79. The number of nitrogens with zero attached hydrogens (tertiary/aromatic N) is 1. The van der Waals surface area contributed by atoms with Crippen molar-refractivity contribution in [1.29, 1.82) is 0 Å². The van der Waals surface area contributed by atoms with Crippen LogP contribution in [0.4, 0.5) is 0 Å². The molecule has 0 spiro atoms. The van der Waals surface area contributed by atoms with Gasteiger partial charge in [0.1, 0.15) is 0 Å². The number of rotatable bonds is 5. The zero-order chi connectivity index (χ0) is 12.8. The summed E-state index contributed by atoms with van der Waals surface area (Å²) in [4.78, 5) is 2.44. The van der Waals surface area contributed by atoms with Crippen LogP contribution in [-0.4, -0.2) is 50.3 Å². The van der Waals surface area contributed by atoms with Crippen LogP contribution < -0.4 is 5.32 Å². The first-order valence-electron chi connectivity index (χ1n) is 7.79. The van der Waals surface area contributed by atoms with Gasteiger partial charge >= 0.3 is 0 Å². The van der Waals surface area contributed by atoms with E-state index in [0.717, 1.165) is 19.1 Å². The number of hydrogen-bond donors (Lipinski definition) is 1. The Kier molecular flexibility index (Phi) is 5.93. The highest BCUT2D eigenvalue weighted by molar-refractivity contribution is 4.78. The molecular formula is C15H30N2O. The highest BCUT2D eigenvalue weighted by Crippen LogP contribution is 2.20. The third-order valence-electron chi connectivity index (χ3n) is 4.68. The summed E-state index contributed by atoms with van der Waals surface area (Å²) in [5, 5.41) is 3.72. The van der Waals surface area contributed by atoms with E-state index in [-0.39, 0.29) is 0 Å². The van der Waals surface area contributed by atoms with Gasteiger partial charge < -0.3 is 15.0 Å². The summed E-state index contributed by atoms with van der Waals surface area (Å²) in [6.45, 7) is 7.00. The fraction of sp³-hybridized carbons (Fsp3) is 1.00. The van der Waals surface area contributed by atoms with E-state index in [1.807, 2.05) is 0 Å². The predicted octanol–water partition coefficient (Wildman–Crippen LogP) is 2.27. The Labute approximate surface area is 112 Å². The van der Waals surface area contributed by atoms with Crippen LogP contribution in [0.2, 0.25) is 0 Å². The molecule has 2 aliphatic heterocycles. The van der Waals surface area contributed by atoms with Gasteiger partial charge in [0, 0.05) is 12.6 Å². The molecule has 0 aliphatic carbocycles. The third kappa shape index (κ3) is 4.52. The summed E-state index contributed by atoms with van der Waals surface area (Å²) in [5.41, 5.74) is 0. The predicted molar refractivity (Wildman–Crippen MR) is 75.9 cm³/mol. The minimum atomic E-state index is 0.524. The van der Waals surface area contributed by atoms with Crippen molar-refractivity contribution in [3.05, 3.63) is 0 Å². The molecule has 2 unspecified atom stereocenters. The Bertz CT molecular complexity index is 221. The van der Waals surface area contributed by atoms with Crippen LogP contribution in [0, 0.1) is 5.92 Å². The molecule has 3 heteroatoms. The van der Waals surface area contributed by atoms with Crippen LogP contribution in [0.25, 0.3) is 0 Å². The van der Waals surface area contributed by atoms with E-state index >= 15 is 0 Å². The van der Waals surface area contributed by atoms with Crippen LogP contribution >= 0.6 is 0 Å². The van der Waals surface area contributed by atoms with Crippen molar-refractivity contribution in [3.63, 3.8) is 0 Å². The number of ether oxygens (including phenoxy) is 1. The van der Waals surface area contributed by atoms with Gasteiger partial charge in [0.25, 0.3) is 0 Å². The number of hydrogen-bond acceptors (Lipinski definition) is 3. The summed E-state index contributed by atoms with van der Waals surface area (Å²) in [5.74, 6) is 0.869. The van der Waals surface area contributed by atoms with Crippen LogP contribution in [0.3, 0.4) is 0 Å². The molecule has 1 N–H and O–H groups in total. The molecule has 0 amide bonds. The zero-order valence-electron chi connectivity index (χ0n) is 12.2. The molecule has 18 heavy (non-hydrogen) atoms. The van der Waals surface area contributed by atoms with Crippen molar-refractivity contribution in [2.24, 2.45) is 5.92 Å². The number of piperidine rings is 1. The fourth-order valence-corrected chi connectivity index (χ4v) is 3.20. The van der Waals surface area contributed by atoms with E-state index in [1.165, 1.54) is 51.6 Å². The van der Waals surface area contributed by atoms with Gasteiger partial charge in [0.15, 0.2) is 0 Å². The highest BCUT2D eigenvalue weighted by Gasteiger charge is 2.22. The van der Waals surface area contributed by atoms with E-state index < -0.39 is 0 Å². The monoisotopic (exact) mass is 254 g/mol. The largest absolute Gasteiger partial charge is 0.378 e. The van der Waals surface area contributed by atoms with E-state index in [1.54, 1.807) is 0 Å². The Morgan fingerprint density at radius 2 is 2.00 bits per heavy atom. The van der Waals surface area contributed by atoms with Crippen molar-refractivity contribution < 1.29 is 4.74 Å². The Morgan fingerprint density at radius 1 is 1.22 bits per heavy atom. The van der Waals surface area contributed by atoms with Crippen LogP contribution in [0.15, 0.2) is 0 Å². The average Bonchev–Trinajstić information content (AvgIpc) is 2.40. The molecule has 2 aliphatic rings. The summed E-state index contributed by atoms with van der Waals surface area (Å²) in [6.07, 6.45) is 8.30. The topological polar surface area (TPSA) is 24.5 Å². The van der Waals surface area contributed by atoms with Crippen molar-refractivity contribution in [3.8, 4) is 0 Å². The molecule has 2 saturated heterocycles. The van der Waals surface area contributed by atoms with Crippen LogP contribution in [-0.2, 0) is 4.74 Å². The quantitative estimate of drug-likeness (QED) is 0.814. The Hall–Kier alpha value is -0.120. The zero-order valence-corrected chi connectivity index (χ0v) is 12.2. The first kappa shape index (κ1) is 14.3. The third-order valence-corrected chi connectivity index (χ3v) is 4.68. The lowest BCUT2D eigenvalue weighted by Gasteiger charge is -2.33. The molecule has 2 fully saturated rings. The average molecular weight is 254 g/mol. The van der Waals surface area contributed by atoms with Gasteiger partial charge in [0.05, 0.1) is 6.10 Å². The van der Waals surface area contributed by atoms with Gasteiger partial charge in [-0.15, -0.1) is 0 Å². The first-order chi connectivity index (χ1) is 8.75. The van der Waals surface area contributed by atoms with Crippen molar-refractivity contribution in [2.45, 2.75) is 57.6 Å². The van der Waals surface area contributed by atoms with Gasteiger partial charge in [-0.05, 0) is 78.0 Å². The molecule has 2 atom stereocenters. The standard InChI is InChI=1S/C15H30N2O/c1-13(14-7-10-17(2)11-8-14)16-9-6-15-5-3-4-12-18-15/h13-16H,3-12H2,1-2H3. The number of likely N-dealkylation sites (tertiary alicyclic amines) is 1. The molecule has 0 bridgehead atoms. The second-order valence-electron chi connectivity index (χ2n) is 6.16. The smallest absolute Gasteiger partial charge is 0.0587 e. The molecule has 0 radical (unpaired) electrons. The number of nitrogens with one attached hydrogen (secondary N) is 1. The van der Waals surface area contributed by atoms with Crippen LogP contribution in [0.1, 0.15) is 45.4 Å². The maximum Gasteiger partial charge on any atom is 0.0587 e. The van der Waals surface area contributed by atoms with E-state index in [9.17, 15) is 0 Å². The Balaban J connectivity index is 1.57. The molecule has 2 heterocycles. The molecule has 106 valence electrons. The van der Waals surface area contributed by atoms with E-state index in [0.29, 0.717) is 12.1 Å². The van der Waals surface area contributed by atoms with Gasteiger partial charge in [-0.2, -0.15) is 0 Å². The fourth-order valence-electron chi connectivity index (χ4n) is 3.20. The molecule has 0 aromatic heterocycles. The Morgan fingerprint density at radius 3 is 2.67 bits per heavy atom. The highest BCUT2D eigenvalue weighted by atomic mass is 16.5. The maximum atomic E-state index is 5.77. The summed E-state index contributed by atoms with van der Waals surface area (Å²) >= 11 is 0. The van der Waals surface area contributed by atoms with Crippen LogP contribution in [0.5, 0.6) is 0 Å². The van der Waals surface area contributed by atoms with Gasteiger partial charge in [-0.1, -0.05) is 0 Å². The van der Waals surface area contributed by atoms with E-state index in [4.69, 9.17) is 4.74 Å². The molecular weight excluding hydrogens is 224 g/mol. The summed E-state index contributed by atoms with van der Waals surface area (Å²) < 4.78 is 5.77. The normalized spacial score (nSPS) is 29.3. The van der Waals surface area contributed by atoms with Gasteiger partial charge in [-0.3, -0.25) is 0 Å². The minimum Gasteiger partial charge on any atom is -0.378 e. The molecule has 2 rings (SSSR count). The molecule has 0 saturated carbocycles. The summed E-state index contributed by atoms with van der Waals surface area (Å²) in [7, 11) is 2.23. The minimum absolute atomic E-state index is 0.524. The lowest BCUT2D eigenvalue weighted by molar-refractivity contribution is 0.0108. The van der Waals surface area contributed by atoms with Crippen molar-refractivity contribution in [1.82, 2.24) is 10.2 Å². The van der Waals surface area contributed by atoms with Crippen molar-refractivity contribution in [2.75, 3.05) is 33.3 Å². The molecule has 0 aromatic rings. The lowest BCUT2D eigenvalue weighted by atomic mass is 9.90. The summed E-state index contributed by atoms with van der Waals surface area (Å²) in [6, 6.07) is 0.669. The SMILES string of the molecule is CC(NCCC1CCCCO1)C1CCN(C)CC1.